The molecule has 1 amide bonds. The highest BCUT2D eigenvalue weighted by atomic mass is 16.5. The first kappa shape index (κ1) is 19.4. The van der Waals surface area contributed by atoms with E-state index in [0.29, 0.717) is 5.91 Å². The van der Waals surface area contributed by atoms with E-state index < -0.39 is 0 Å². The lowest BCUT2D eigenvalue weighted by molar-refractivity contribution is -0.136. The fourth-order valence-electron chi connectivity index (χ4n) is 6.05. The maximum absolute atomic E-state index is 13.4. The van der Waals surface area contributed by atoms with E-state index in [-0.39, 0.29) is 5.41 Å². The van der Waals surface area contributed by atoms with Crippen LogP contribution in [0.2, 0.25) is 0 Å². The number of hydrogen-bond acceptors (Lipinski definition) is 4. The van der Waals surface area contributed by atoms with Crippen LogP contribution in [0.5, 0.6) is 0 Å². The number of amides is 1. The molecule has 0 radical (unpaired) electrons. The van der Waals surface area contributed by atoms with Crippen molar-refractivity contribution in [2.75, 3.05) is 55.7 Å². The Kier molecular flexibility index (Phi) is 5.29. The van der Waals surface area contributed by atoms with Gasteiger partial charge in [-0.25, -0.2) is 0 Å². The number of likely N-dealkylation sites (tertiary alicyclic amines) is 1. The average molecular weight is 398 g/mol. The lowest BCUT2D eigenvalue weighted by Gasteiger charge is -2.44. The maximum atomic E-state index is 13.4. The third-order valence-corrected chi connectivity index (χ3v) is 7.84. The van der Waals surface area contributed by atoms with Crippen LogP contribution in [0.4, 0.5) is 11.4 Å². The molecule has 1 aromatic carbocycles. The minimum Gasteiger partial charge on any atom is -0.381 e. The minimum atomic E-state index is -0.181. The van der Waals surface area contributed by atoms with Crippen molar-refractivity contribution in [3.63, 3.8) is 0 Å². The third kappa shape index (κ3) is 3.57. The molecule has 4 heterocycles. The van der Waals surface area contributed by atoms with Crippen LogP contribution in [0, 0.1) is 12.3 Å². The quantitative estimate of drug-likeness (QED) is 0.781. The molecule has 5 rings (SSSR count). The maximum Gasteiger partial charge on any atom is 0.233 e. The second kappa shape index (κ2) is 7.92. The molecule has 1 spiro atoms. The molecule has 158 valence electrons. The van der Waals surface area contributed by atoms with Crippen LogP contribution >= 0.6 is 0 Å². The van der Waals surface area contributed by atoms with Gasteiger partial charge in [-0.3, -0.25) is 9.69 Å². The van der Waals surface area contributed by atoms with Crippen molar-refractivity contribution in [2.24, 2.45) is 5.41 Å². The van der Waals surface area contributed by atoms with E-state index in [1.165, 1.54) is 43.6 Å². The van der Waals surface area contributed by atoms with Gasteiger partial charge in [0, 0.05) is 50.3 Å². The standard InChI is InChI=1S/C24H35N3O2/c1-19-17-20(26-14-7-21(18-26)25-11-2-3-12-25)5-6-22(19)27-13-4-8-24(23(27)28)9-15-29-16-10-24/h5-6,17,21H,2-4,7-16,18H2,1H3/t21-/m0/s1. The Morgan fingerprint density at radius 1 is 1.00 bits per heavy atom. The molecular weight excluding hydrogens is 362 g/mol. The van der Waals surface area contributed by atoms with Gasteiger partial charge < -0.3 is 14.5 Å². The van der Waals surface area contributed by atoms with Gasteiger partial charge in [0.25, 0.3) is 0 Å². The molecule has 5 nitrogen and oxygen atoms in total. The number of hydrogen-bond donors (Lipinski definition) is 0. The third-order valence-electron chi connectivity index (χ3n) is 7.84. The molecule has 0 aliphatic carbocycles. The lowest BCUT2D eigenvalue weighted by Crippen LogP contribution is -2.51. The fraction of sp³-hybridized carbons (Fsp3) is 0.708. The van der Waals surface area contributed by atoms with Crippen LogP contribution in [-0.4, -0.2) is 62.8 Å². The Hall–Kier alpha value is -1.59. The van der Waals surface area contributed by atoms with Crippen LogP contribution in [0.25, 0.3) is 0 Å². The molecule has 0 unspecified atom stereocenters. The first-order valence-electron chi connectivity index (χ1n) is 11.7. The highest BCUT2D eigenvalue weighted by molar-refractivity contribution is 5.99. The van der Waals surface area contributed by atoms with Crippen LogP contribution in [0.15, 0.2) is 18.2 Å². The van der Waals surface area contributed by atoms with Gasteiger partial charge in [0.05, 0.1) is 5.41 Å². The van der Waals surface area contributed by atoms with Crippen molar-refractivity contribution >= 4 is 17.3 Å². The van der Waals surface area contributed by atoms with Gasteiger partial charge in [0.15, 0.2) is 0 Å². The van der Waals surface area contributed by atoms with Crippen LogP contribution < -0.4 is 9.80 Å². The summed E-state index contributed by atoms with van der Waals surface area (Å²) in [7, 11) is 0. The van der Waals surface area contributed by atoms with Gasteiger partial charge in [-0.05, 0) is 88.7 Å². The van der Waals surface area contributed by atoms with Crippen LogP contribution in [0.1, 0.15) is 50.5 Å². The molecule has 4 saturated heterocycles. The number of carbonyl (C=O) groups excluding carboxylic acids is 1. The first-order chi connectivity index (χ1) is 14.2. The van der Waals surface area contributed by atoms with Gasteiger partial charge in [-0.2, -0.15) is 0 Å². The Bertz CT molecular complexity index is 747. The number of carbonyl (C=O) groups is 1. The summed E-state index contributed by atoms with van der Waals surface area (Å²) in [4.78, 5) is 20.7. The van der Waals surface area contributed by atoms with Crippen molar-refractivity contribution in [2.45, 2.75) is 57.9 Å². The fourth-order valence-corrected chi connectivity index (χ4v) is 6.05. The molecule has 4 aliphatic rings. The van der Waals surface area contributed by atoms with E-state index in [4.69, 9.17) is 4.74 Å². The molecule has 4 fully saturated rings. The van der Waals surface area contributed by atoms with E-state index in [2.05, 4.69) is 39.8 Å². The van der Waals surface area contributed by atoms with Gasteiger partial charge in [0.2, 0.25) is 5.91 Å². The number of piperidine rings is 1. The van der Waals surface area contributed by atoms with Gasteiger partial charge >= 0.3 is 0 Å². The van der Waals surface area contributed by atoms with E-state index >= 15 is 0 Å². The molecule has 0 bridgehead atoms. The van der Waals surface area contributed by atoms with E-state index in [1.807, 2.05) is 0 Å². The van der Waals surface area contributed by atoms with Crippen molar-refractivity contribution < 1.29 is 9.53 Å². The Balaban J connectivity index is 1.31. The summed E-state index contributed by atoms with van der Waals surface area (Å²) >= 11 is 0. The molecule has 5 heteroatoms. The van der Waals surface area contributed by atoms with Gasteiger partial charge in [-0.15, -0.1) is 0 Å². The normalized spacial score (nSPS) is 27.9. The Morgan fingerprint density at radius 2 is 1.79 bits per heavy atom. The Morgan fingerprint density at radius 3 is 2.55 bits per heavy atom. The zero-order valence-corrected chi connectivity index (χ0v) is 17.9. The molecule has 29 heavy (non-hydrogen) atoms. The van der Waals surface area contributed by atoms with E-state index in [1.54, 1.807) is 0 Å². The summed E-state index contributed by atoms with van der Waals surface area (Å²) in [5.74, 6) is 0.332. The largest absolute Gasteiger partial charge is 0.381 e. The van der Waals surface area contributed by atoms with Gasteiger partial charge in [0.1, 0.15) is 0 Å². The number of anilines is 2. The number of rotatable bonds is 3. The topological polar surface area (TPSA) is 36.0 Å². The number of aryl methyl sites for hydroxylation is 1. The monoisotopic (exact) mass is 397 g/mol. The molecule has 4 aliphatic heterocycles. The zero-order valence-electron chi connectivity index (χ0n) is 17.9. The van der Waals surface area contributed by atoms with Gasteiger partial charge in [-0.1, -0.05) is 0 Å². The molecular formula is C24H35N3O2. The molecule has 0 aromatic heterocycles. The van der Waals surface area contributed by atoms with Crippen molar-refractivity contribution in [1.82, 2.24) is 4.90 Å². The summed E-state index contributed by atoms with van der Waals surface area (Å²) in [6.45, 7) is 9.32. The molecule has 0 saturated carbocycles. The first-order valence-corrected chi connectivity index (χ1v) is 11.7. The summed E-state index contributed by atoms with van der Waals surface area (Å²) in [5, 5.41) is 0. The van der Waals surface area contributed by atoms with E-state index in [0.717, 1.165) is 70.3 Å². The molecule has 0 N–H and O–H groups in total. The minimum absolute atomic E-state index is 0.181. The average Bonchev–Trinajstić information content (AvgIpc) is 3.43. The second-order valence-corrected chi connectivity index (χ2v) is 9.56. The highest BCUT2D eigenvalue weighted by Crippen LogP contribution is 2.42. The lowest BCUT2D eigenvalue weighted by atomic mass is 9.73. The number of ether oxygens (including phenoxy) is 1. The predicted octanol–water partition coefficient (Wildman–Crippen LogP) is 3.59. The predicted molar refractivity (Wildman–Crippen MR) is 117 cm³/mol. The van der Waals surface area contributed by atoms with Crippen molar-refractivity contribution in [1.29, 1.82) is 0 Å². The summed E-state index contributed by atoms with van der Waals surface area (Å²) in [6.07, 6.45) is 7.88. The molecule has 1 atom stereocenters. The number of nitrogens with zero attached hydrogens (tertiary/aromatic N) is 3. The SMILES string of the molecule is Cc1cc(N2CC[C@H](N3CCCC3)C2)ccc1N1CCCC2(CCOCC2)C1=O. The van der Waals surface area contributed by atoms with Crippen LogP contribution in [-0.2, 0) is 9.53 Å². The Labute approximate surface area is 175 Å². The second-order valence-electron chi connectivity index (χ2n) is 9.56. The van der Waals surface area contributed by atoms with E-state index in [9.17, 15) is 4.79 Å². The highest BCUT2D eigenvalue weighted by Gasteiger charge is 2.45. The summed E-state index contributed by atoms with van der Waals surface area (Å²) in [6, 6.07) is 7.46. The van der Waals surface area contributed by atoms with Crippen molar-refractivity contribution in [3.05, 3.63) is 23.8 Å². The molecule has 1 aromatic rings. The number of benzene rings is 1. The van der Waals surface area contributed by atoms with Crippen LogP contribution in [0.3, 0.4) is 0 Å². The smallest absolute Gasteiger partial charge is 0.233 e. The zero-order chi connectivity index (χ0) is 19.8. The summed E-state index contributed by atoms with van der Waals surface area (Å²) in [5.41, 5.74) is 3.47. The summed E-state index contributed by atoms with van der Waals surface area (Å²) < 4.78 is 5.55. The van der Waals surface area contributed by atoms with Crippen molar-refractivity contribution in [3.8, 4) is 0 Å².